The van der Waals surface area contributed by atoms with Gasteiger partial charge in [0.25, 0.3) is 0 Å². The molecule has 0 aliphatic rings. The maximum absolute atomic E-state index is 6.02. The summed E-state index contributed by atoms with van der Waals surface area (Å²) in [6, 6.07) is 0. The molecule has 0 spiro atoms. The Morgan fingerprint density at radius 3 is 1.18 bits per heavy atom. The molecule has 0 aliphatic heterocycles. The lowest BCUT2D eigenvalue weighted by molar-refractivity contribution is -0.946. The van der Waals surface area contributed by atoms with E-state index in [1.807, 2.05) is 0 Å². The van der Waals surface area contributed by atoms with Crippen LogP contribution in [0.1, 0.15) is 91.9 Å². The molecule has 0 fully saturated rings. The predicted octanol–water partition coefficient (Wildman–Crippen LogP) is 0.393. The fraction of sp³-hybridized carbons (Fsp3) is 1.00. The molecule has 0 aromatic heterocycles. The third-order valence-corrected chi connectivity index (χ3v) is 7.21. The van der Waals surface area contributed by atoms with Crippen LogP contribution in [0.25, 0.3) is 0 Å². The number of hydrogen-bond acceptors (Lipinski definition) is 2. The van der Waals surface area contributed by atoms with E-state index in [0.29, 0.717) is 0 Å². The summed E-state index contributed by atoms with van der Waals surface area (Å²) in [6.45, 7) is 17.7. The Labute approximate surface area is 227 Å². The average Bonchev–Trinajstić information content (AvgIpc) is 2.76. The highest BCUT2D eigenvalue weighted by Gasteiger charge is 2.22. The van der Waals surface area contributed by atoms with Gasteiger partial charge in [0.05, 0.1) is 54.5 Å². The van der Waals surface area contributed by atoms with Crippen molar-refractivity contribution >= 4 is 0 Å². The molecular formula is C28H62Cl2N2O2. The summed E-state index contributed by atoms with van der Waals surface area (Å²) < 4.78 is 14.2. The van der Waals surface area contributed by atoms with E-state index in [1.165, 1.54) is 77.5 Å². The van der Waals surface area contributed by atoms with Crippen molar-refractivity contribution in [3.63, 3.8) is 0 Å². The topological polar surface area (TPSA) is 18.5 Å². The van der Waals surface area contributed by atoms with Gasteiger partial charge in [-0.2, -0.15) is 0 Å². The third-order valence-electron chi connectivity index (χ3n) is 7.21. The summed E-state index contributed by atoms with van der Waals surface area (Å²) in [7, 11) is 9.50. The van der Waals surface area contributed by atoms with Crippen molar-refractivity contribution in [1.82, 2.24) is 0 Å². The van der Waals surface area contributed by atoms with E-state index < -0.39 is 0 Å². The van der Waals surface area contributed by atoms with Crippen LogP contribution in [-0.4, -0.2) is 89.8 Å². The molecule has 0 rings (SSSR count). The third kappa shape index (κ3) is 22.9. The van der Waals surface area contributed by atoms with E-state index in [2.05, 4.69) is 55.9 Å². The van der Waals surface area contributed by atoms with Crippen LogP contribution < -0.4 is 24.8 Å². The molecule has 0 heterocycles. The molecule has 6 heteroatoms. The summed E-state index contributed by atoms with van der Waals surface area (Å²) in [5.41, 5.74) is 0. The number of likely N-dealkylation sites (N-methyl/N-ethyl adjacent to an activating group) is 2. The molecule has 0 aromatic rings. The maximum atomic E-state index is 6.02. The summed E-state index contributed by atoms with van der Waals surface area (Å²) in [5.74, 6) is 1.51. The van der Waals surface area contributed by atoms with Crippen molar-refractivity contribution in [2.75, 3.05) is 80.8 Å². The molecule has 0 aliphatic carbocycles. The molecule has 0 bridgehead atoms. The van der Waals surface area contributed by atoms with Crippen molar-refractivity contribution in [2.24, 2.45) is 11.8 Å². The van der Waals surface area contributed by atoms with Gasteiger partial charge in [-0.15, -0.1) is 0 Å². The summed E-state index contributed by atoms with van der Waals surface area (Å²) in [5, 5.41) is 0. The van der Waals surface area contributed by atoms with E-state index >= 15 is 0 Å². The number of rotatable bonds is 23. The first kappa shape index (κ1) is 38.9. The van der Waals surface area contributed by atoms with E-state index in [4.69, 9.17) is 9.47 Å². The van der Waals surface area contributed by atoms with Crippen molar-refractivity contribution in [3.8, 4) is 0 Å². The Balaban J connectivity index is -0.00000480. The molecule has 0 aromatic carbocycles. The lowest BCUT2D eigenvalue weighted by atomic mass is 10.0. The van der Waals surface area contributed by atoms with Gasteiger partial charge in [0.2, 0.25) is 0 Å². The molecule has 34 heavy (non-hydrogen) atoms. The zero-order valence-electron chi connectivity index (χ0n) is 24.3. The first-order chi connectivity index (χ1) is 15.2. The quantitative estimate of drug-likeness (QED) is 0.141. The van der Waals surface area contributed by atoms with Gasteiger partial charge in [0.1, 0.15) is 13.1 Å². The highest BCUT2D eigenvalue weighted by molar-refractivity contribution is 4.57. The zero-order valence-corrected chi connectivity index (χ0v) is 25.9. The second-order valence-electron chi connectivity index (χ2n) is 11.5. The normalized spacial score (nSPS) is 13.8. The highest BCUT2D eigenvalue weighted by atomic mass is 35.5. The average molecular weight is 530 g/mol. The van der Waals surface area contributed by atoms with Crippen LogP contribution in [0.3, 0.4) is 0 Å². The van der Waals surface area contributed by atoms with Gasteiger partial charge in [-0.1, -0.05) is 66.2 Å². The van der Waals surface area contributed by atoms with E-state index in [9.17, 15) is 0 Å². The van der Waals surface area contributed by atoms with Gasteiger partial charge < -0.3 is 43.3 Å². The maximum Gasteiger partial charge on any atom is 0.128 e. The minimum Gasteiger partial charge on any atom is -1.00 e. The number of nitrogens with zero attached hydrogens (tertiary/aromatic N) is 2. The Morgan fingerprint density at radius 2 is 0.882 bits per heavy atom. The minimum atomic E-state index is 0. The Bertz CT molecular complexity index is 385. The van der Waals surface area contributed by atoms with Crippen molar-refractivity contribution in [2.45, 2.75) is 91.9 Å². The van der Waals surface area contributed by atoms with Crippen LogP contribution in [0.15, 0.2) is 0 Å². The summed E-state index contributed by atoms with van der Waals surface area (Å²) in [6.07, 6.45) is 12.7. The largest absolute Gasteiger partial charge is 1.00 e. The number of ether oxygens (including phenoxy) is 2. The molecule has 0 amide bonds. The number of unbranched alkanes of at least 4 members (excludes halogenated alkanes) is 2. The van der Waals surface area contributed by atoms with E-state index in [-0.39, 0.29) is 24.8 Å². The molecule has 210 valence electrons. The fourth-order valence-electron chi connectivity index (χ4n) is 4.25. The number of hydrogen-bond donors (Lipinski definition) is 0. The van der Waals surface area contributed by atoms with Gasteiger partial charge in [0.15, 0.2) is 0 Å². The smallest absolute Gasteiger partial charge is 0.128 e. The molecule has 0 saturated carbocycles. The van der Waals surface area contributed by atoms with E-state index in [0.717, 1.165) is 60.1 Å². The van der Waals surface area contributed by atoms with Crippen LogP contribution >= 0.6 is 0 Å². The SMILES string of the molecule is CCCCC(CC)COCCC[N+](C)(C)CC[N+](C)(C)CCCOCC(CC)CCCC.[Cl-].[Cl-]. The van der Waals surface area contributed by atoms with Gasteiger partial charge >= 0.3 is 0 Å². The standard InChI is InChI=1S/C28H62N2O2.2ClH/c1-9-13-17-27(11-3)25-31-23-15-19-29(5,6)21-22-30(7,8)20-16-24-32-26-28(12-4)18-14-10-2;;/h27-28H,9-26H2,1-8H3;2*1H/q+2;;/p-2. The monoisotopic (exact) mass is 528 g/mol. The predicted molar refractivity (Wildman–Crippen MR) is 141 cm³/mol. The van der Waals surface area contributed by atoms with Crippen LogP contribution in [0.5, 0.6) is 0 Å². The Kier molecular flexibility index (Phi) is 27.3. The molecule has 4 nitrogen and oxygen atoms in total. The number of halogens is 2. The van der Waals surface area contributed by atoms with Crippen LogP contribution in [0.2, 0.25) is 0 Å². The minimum absolute atomic E-state index is 0. The second kappa shape index (κ2) is 23.8. The lowest BCUT2D eigenvalue weighted by Crippen LogP contribution is -3.00. The summed E-state index contributed by atoms with van der Waals surface area (Å²) in [4.78, 5) is 0. The van der Waals surface area contributed by atoms with Gasteiger partial charge in [-0.25, -0.2) is 0 Å². The molecule has 0 N–H and O–H groups in total. The zero-order chi connectivity index (χ0) is 24.3. The van der Waals surface area contributed by atoms with E-state index in [1.54, 1.807) is 0 Å². The Hall–Kier alpha value is 0.420. The van der Waals surface area contributed by atoms with Crippen molar-refractivity contribution < 1.29 is 43.3 Å². The van der Waals surface area contributed by atoms with Crippen molar-refractivity contribution in [3.05, 3.63) is 0 Å². The molecule has 0 saturated heterocycles. The molecular weight excluding hydrogens is 467 g/mol. The van der Waals surface area contributed by atoms with Gasteiger partial charge in [-0.3, -0.25) is 0 Å². The van der Waals surface area contributed by atoms with Crippen molar-refractivity contribution in [1.29, 1.82) is 0 Å². The lowest BCUT2D eigenvalue weighted by Gasteiger charge is -2.35. The first-order valence-electron chi connectivity index (χ1n) is 14.0. The fourth-order valence-corrected chi connectivity index (χ4v) is 4.25. The molecule has 2 unspecified atom stereocenters. The van der Waals surface area contributed by atoms with Crippen LogP contribution in [-0.2, 0) is 9.47 Å². The number of quaternary nitrogens is 2. The van der Waals surface area contributed by atoms with Crippen LogP contribution in [0, 0.1) is 11.8 Å². The summed E-state index contributed by atoms with van der Waals surface area (Å²) >= 11 is 0. The van der Waals surface area contributed by atoms with Crippen LogP contribution in [0.4, 0.5) is 0 Å². The molecule has 0 radical (unpaired) electrons. The van der Waals surface area contributed by atoms with Gasteiger partial charge in [-0.05, 0) is 24.7 Å². The second-order valence-corrected chi connectivity index (χ2v) is 11.5. The first-order valence-corrected chi connectivity index (χ1v) is 14.0. The Morgan fingerprint density at radius 1 is 0.529 bits per heavy atom. The highest BCUT2D eigenvalue weighted by Crippen LogP contribution is 2.14. The van der Waals surface area contributed by atoms with Gasteiger partial charge in [0, 0.05) is 26.1 Å². The molecule has 2 atom stereocenters.